The van der Waals surface area contributed by atoms with Crippen LogP contribution in [0.15, 0.2) is 36.7 Å². The number of rotatable bonds is 5. The summed E-state index contributed by atoms with van der Waals surface area (Å²) in [5.74, 6) is 0. The summed E-state index contributed by atoms with van der Waals surface area (Å²) in [5, 5.41) is 7.82. The van der Waals surface area contributed by atoms with Crippen molar-refractivity contribution in [3.8, 4) is 0 Å². The van der Waals surface area contributed by atoms with Crippen LogP contribution in [0.1, 0.15) is 42.6 Å². The standard InChI is InChI=1S/C16H23N3/c1-5-14-6-8-15(9-7-14)16(17-4)13(3)19-11-12(2)10-18-19/h6-11,13,16-17H,5H2,1-4H3. The fourth-order valence-electron chi connectivity index (χ4n) is 2.46. The molecule has 0 aliphatic heterocycles. The van der Waals surface area contributed by atoms with Gasteiger partial charge in [-0.1, -0.05) is 31.2 Å². The molecule has 0 bridgehead atoms. The van der Waals surface area contributed by atoms with E-state index in [1.54, 1.807) is 0 Å². The zero-order valence-electron chi connectivity index (χ0n) is 12.2. The van der Waals surface area contributed by atoms with E-state index in [2.05, 4.69) is 61.6 Å². The van der Waals surface area contributed by atoms with Crippen molar-refractivity contribution < 1.29 is 0 Å². The lowest BCUT2D eigenvalue weighted by molar-refractivity contribution is 0.372. The molecule has 0 aliphatic carbocycles. The quantitative estimate of drug-likeness (QED) is 0.891. The highest BCUT2D eigenvalue weighted by Crippen LogP contribution is 2.25. The molecule has 0 amide bonds. The lowest BCUT2D eigenvalue weighted by Crippen LogP contribution is -2.26. The van der Waals surface area contributed by atoms with Crippen molar-refractivity contribution in [2.45, 2.75) is 39.3 Å². The number of nitrogens with one attached hydrogen (secondary N) is 1. The Balaban J connectivity index is 2.23. The average molecular weight is 257 g/mol. The number of hydrogen-bond donors (Lipinski definition) is 1. The number of hydrogen-bond acceptors (Lipinski definition) is 2. The normalized spacial score (nSPS) is 14.3. The summed E-state index contributed by atoms with van der Waals surface area (Å²) in [5.41, 5.74) is 3.88. The maximum atomic E-state index is 4.42. The Morgan fingerprint density at radius 3 is 2.42 bits per heavy atom. The van der Waals surface area contributed by atoms with E-state index in [0.717, 1.165) is 6.42 Å². The molecular formula is C16H23N3. The monoisotopic (exact) mass is 257 g/mol. The Kier molecular flexibility index (Phi) is 4.38. The number of nitrogens with zero attached hydrogens (tertiary/aromatic N) is 2. The van der Waals surface area contributed by atoms with Crippen molar-refractivity contribution in [1.82, 2.24) is 15.1 Å². The van der Waals surface area contributed by atoms with Gasteiger partial charge in [-0.15, -0.1) is 0 Å². The van der Waals surface area contributed by atoms with Crippen LogP contribution in [-0.4, -0.2) is 16.8 Å². The molecule has 2 unspecified atom stereocenters. The molecule has 0 saturated heterocycles. The van der Waals surface area contributed by atoms with Crippen molar-refractivity contribution in [2.75, 3.05) is 7.05 Å². The second-order valence-electron chi connectivity index (χ2n) is 5.10. The van der Waals surface area contributed by atoms with E-state index in [4.69, 9.17) is 0 Å². The molecule has 1 heterocycles. The molecule has 1 aromatic carbocycles. The van der Waals surface area contributed by atoms with Crippen molar-refractivity contribution in [3.05, 3.63) is 53.3 Å². The van der Waals surface area contributed by atoms with Gasteiger partial charge in [0.2, 0.25) is 0 Å². The third-order valence-electron chi connectivity index (χ3n) is 3.69. The molecule has 1 N–H and O–H groups in total. The highest BCUT2D eigenvalue weighted by molar-refractivity contribution is 5.25. The Hall–Kier alpha value is -1.61. The molecule has 2 atom stereocenters. The predicted molar refractivity (Wildman–Crippen MR) is 79.3 cm³/mol. The van der Waals surface area contributed by atoms with Gasteiger partial charge in [-0.3, -0.25) is 4.68 Å². The summed E-state index contributed by atoms with van der Waals surface area (Å²) in [7, 11) is 2.01. The van der Waals surface area contributed by atoms with E-state index in [0.29, 0.717) is 0 Å². The minimum absolute atomic E-state index is 0.269. The minimum atomic E-state index is 0.269. The average Bonchev–Trinajstić information content (AvgIpc) is 2.87. The van der Waals surface area contributed by atoms with Crippen LogP contribution in [0.3, 0.4) is 0 Å². The van der Waals surface area contributed by atoms with Crippen LogP contribution in [0, 0.1) is 6.92 Å². The molecule has 2 rings (SSSR count). The first kappa shape index (κ1) is 13.8. The van der Waals surface area contributed by atoms with E-state index >= 15 is 0 Å². The van der Waals surface area contributed by atoms with Gasteiger partial charge in [0, 0.05) is 6.20 Å². The van der Waals surface area contributed by atoms with E-state index < -0.39 is 0 Å². The Bertz CT molecular complexity index is 513. The SMILES string of the molecule is CCc1ccc(C(NC)C(C)n2cc(C)cn2)cc1. The minimum Gasteiger partial charge on any atom is -0.311 e. The summed E-state index contributed by atoms with van der Waals surface area (Å²) in [4.78, 5) is 0. The van der Waals surface area contributed by atoms with Gasteiger partial charge in [0.05, 0.1) is 18.3 Å². The summed E-state index contributed by atoms with van der Waals surface area (Å²) in [6.07, 6.45) is 5.08. The first-order chi connectivity index (χ1) is 9.15. The molecule has 102 valence electrons. The van der Waals surface area contributed by atoms with Gasteiger partial charge in [-0.05, 0) is 44.0 Å². The fourth-order valence-corrected chi connectivity index (χ4v) is 2.46. The third kappa shape index (κ3) is 3.04. The van der Waals surface area contributed by atoms with Gasteiger partial charge in [-0.2, -0.15) is 5.10 Å². The van der Waals surface area contributed by atoms with E-state index in [9.17, 15) is 0 Å². The number of aromatic nitrogens is 2. The number of aryl methyl sites for hydroxylation is 2. The summed E-state index contributed by atoms with van der Waals surface area (Å²) in [6.45, 7) is 6.45. The Morgan fingerprint density at radius 2 is 1.95 bits per heavy atom. The molecule has 3 nitrogen and oxygen atoms in total. The van der Waals surface area contributed by atoms with Gasteiger partial charge in [0.25, 0.3) is 0 Å². The van der Waals surface area contributed by atoms with Gasteiger partial charge >= 0.3 is 0 Å². The number of likely N-dealkylation sites (N-methyl/N-ethyl adjacent to an activating group) is 1. The van der Waals surface area contributed by atoms with Crippen LogP contribution in [0.25, 0.3) is 0 Å². The summed E-state index contributed by atoms with van der Waals surface area (Å²) >= 11 is 0. The van der Waals surface area contributed by atoms with Gasteiger partial charge in [0.15, 0.2) is 0 Å². The molecule has 0 aliphatic rings. The predicted octanol–water partition coefficient (Wildman–Crippen LogP) is 3.28. The van der Waals surface area contributed by atoms with Crippen LogP contribution in [0.5, 0.6) is 0 Å². The maximum absolute atomic E-state index is 4.42. The second-order valence-corrected chi connectivity index (χ2v) is 5.10. The first-order valence-electron chi connectivity index (χ1n) is 6.92. The maximum Gasteiger partial charge on any atom is 0.0685 e. The Labute approximate surface area is 115 Å². The second kappa shape index (κ2) is 6.02. The topological polar surface area (TPSA) is 29.9 Å². The largest absolute Gasteiger partial charge is 0.311 e. The zero-order chi connectivity index (χ0) is 13.8. The third-order valence-corrected chi connectivity index (χ3v) is 3.69. The molecule has 19 heavy (non-hydrogen) atoms. The van der Waals surface area contributed by atoms with E-state index in [1.807, 2.05) is 17.9 Å². The lowest BCUT2D eigenvalue weighted by atomic mass is 9.99. The number of benzene rings is 1. The molecule has 0 fully saturated rings. The molecule has 3 heteroatoms. The molecule has 0 spiro atoms. The highest BCUT2D eigenvalue weighted by atomic mass is 15.3. The molecule has 0 radical (unpaired) electrons. The molecule has 0 saturated carbocycles. The molecule has 1 aromatic heterocycles. The fraction of sp³-hybridized carbons (Fsp3) is 0.438. The van der Waals surface area contributed by atoms with Gasteiger partial charge in [0.1, 0.15) is 0 Å². The van der Waals surface area contributed by atoms with Gasteiger partial charge < -0.3 is 5.32 Å². The smallest absolute Gasteiger partial charge is 0.0685 e. The first-order valence-corrected chi connectivity index (χ1v) is 6.92. The summed E-state index contributed by atoms with van der Waals surface area (Å²) in [6, 6.07) is 9.40. The van der Waals surface area contributed by atoms with Crippen molar-refractivity contribution in [2.24, 2.45) is 0 Å². The molecular weight excluding hydrogens is 234 g/mol. The van der Waals surface area contributed by atoms with Gasteiger partial charge in [-0.25, -0.2) is 0 Å². The Morgan fingerprint density at radius 1 is 1.26 bits per heavy atom. The van der Waals surface area contributed by atoms with Crippen molar-refractivity contribution in [3.63, 3.8) is 0 Å². The van der Waals surface area contributed by atoms with Crippen molar-refractivity contribution in [1.29, 1.82) is 0 Å². The van der Waals surface area contributed by atoms with E-state index in [1.165, 1.54) is 16.7 Å². The lowest BCUT2D eigenvalue weighted by Gasteiger charge is -2.24. The van der Waals surface area contributed by atoms with Crippen LogP contribution >= 0.6 is 0 Å². The summed E-state index contributed by atoms with van der Waals surface area (Å²) < 4.78 is 2.03. The van der Waals surface area contributed by atoms with Crippen LogP contribution in [0.4, 0.5) is 0 Å². The zero-order valence-corrected chi connectivity index (χ0v) is 12.2. The van der Waals surface area contributed by atoms with Crippen LogP contribution in [0.2, 0.25) is 0 Å². The molecule has 2 aromatic rings. The highest BCUT2D eigenvalue weighted by Gasteiger charge is 2.19. The van der Waals surface area contributed by atoms with Crippen LogP contribution < -0.4 is 5.32 Å². The van der Waals surface area contributed by atoms with E-state index in [-0.39, 0.29) is 12.1 Å². The van der Waals surface area contributed by atoms with Crippen LogP contribution in [-0.2, 0) is 6.42 Å². The van der Waals surface area contributed by atoms with Crippen molar-refractivity contribution >= 4 is 0 Å².